The Balaban J connectivity index is 1.05. The highest BCUT2D eigenvalue weighted by atomic mass is 16.6. The van der Waals surface area contributed by atoms with Gasteiger partial charge in [0.25, 0.3) is 0 Å². The van der Waals surface area contributed by atoms with Crippen molar-refractivity contribution in [1.29, 1.82) is 0 Å². The molecule has 17 nitrogen and oxygen atoms in total. The van der Waals surface area contributed by atoms with Gasteiger partial charge in [0.2, 0.25) is 11.8 Å². The molecule has 5 amide bonds. The average Bonchev–Trinajstić information content (AvgIpc) is 4.13. The van der Waals surface area contributed by atoms with Crippen molar-refractivity contribution in [2.24, 2.45) is 11.8 Å². The molecule has 340 valence electrons. The first-order valence-electron chi connectivity index (χ1n) is 21.9. The maximum Gasteiger partial charge on any atom is 0.411 e. The number of H-pyrrole nitrogens is 2. The maximum absolute atomic E-state index is 14.4. The van der Waals surface area contributed by atoms with Gasteiger partial charge in [0.15, 0.2) is 0 Å². The Morgan fingerprint density at radius 2 is 1.28 bits per heavy atom. The zero-order valence-electron chi connectivity index (χ0n) is 37.6. The summed E-state index contributed by atoms with van der Waals surface area (Å²) >= 11 is 0. The molecule has 1 saturated heterocycles. The number of nitrogens with zero attached hydrogens (tertiary/aromatic N) is 5. The highest BCUT2D eigenvalue weighted by Gasteiger charge is 2.44. The van der Waals surface area contributed by atoms with Crippen LogP contribution in [-0.4, -0.2) is 116 Å². The van der Waals surface area contributed by atoms with E-state index < -0.39 is 48.0 Å². The van der Waals surface area contributed by atoms with Crippen LogP contribution in [0.25, 0.3) is 33.6 Å². The monoisotopic (exact) mass is 877 g/mol. The minimum atomic E-state index is -0.818. The molecule has 64 heavy (non-hydrogen) atoms. The summed E-state index contributed by atoms with van der Waals surface area (Å²) in [6, 6.07) is 13.6. The number of hydrogen-bond donors (Lipinski definition) is 4. The number of imidazole rings is 2. The summed E-state index contributed by atoms with van der Waals surface area (Å²) in [5.74, 6) is 0.393. The molecule has 7 rings (SSSR count). The van der Waals surface area contributed by atoms with Crippen molar-refractivity contribution in [1.82, 2.24) is 45.3 Å². The van der Waals surface area contributed by atoms with E-state index in [1.165, 1.54) is 19.1 Å². The number of aromatic nitrogens is 4. The van der Waals surface area contributed by atoms with Gasteiger partial charge in [-0.25, -0.2) is 24.4 Å². The Hall–Kier alpha value is -6.65. The predicted molar refractivity (Wildman–Crippen MR) is 238 cm³/mol. The molecular weight excluding hydrogens is 819 g/mol. The van der Waals surface area contributed by atoms with E-state index in [4.69, 9.17) is 19.2 Å². The van der Waals surface area contributed by atoms with Gasteiger partial charge in [-0.15, -0.1) is 0 Å². The van der Waals surface area contributed by atoms with Crippen LogP contribution in [0, 0.1) is 11.8 Å². The van der Waals surface area contributed by atoms with Gasteiger partial charge in [-0.1, -0.05) is 93.8 Å². The van der Waals surface area contributed by atoms with E-state index >= 15 is 0 Å². The van der Waals surface area contributed by atoms with Crippen molar-refractivity contribution < 1.29 is 38.2 Å². The van der Waals surface area contributed by atoms with E-state index in [0.29, 0.717) is 18.2 Å². The van der Waals surface area contributed by atoms with Gasteiger partial charge >= 0.3 is 18.3 Å². The minimum absolute atomic E-state index is 0.0243. The average molecular weight is 878 g/mol. The molecular formula is C47H59N9O8. The topological polar surface area (TPSA) is 204 Å². The summed E-state index contributed by atoms with van der Waals surface area (Å²) in [6.07, 6.45) is 10.0. The lowest BCUT2D eigenvalue weighted by Crippen LogP contribution is -2.53. The Labute approximate surface area is 373 Å². The molecule has 1 saturated carbocycles. The first-order chi connectivity index (χ1) is 30.6. The van der Waals surface area contributed by atoms with Crippen LogP contribution in [0.2, 0.25) is 0 Å². The van der Waals surface area contributed by atoms with Crippen LogP contribution in [0.5, 0.6) is 0 Å². The molecule has 2 aromatic heterocycles. The van der Waals surface area contributed by atoms with Gasteiger partial charge in [0.05, 0.1) is 51.2 Å². The zero-order chi connectivity index (χ0) is 45.7. The Morgan fingerprint density at radius 1 is 0.734 bits per heavy atom. The summed E-state index contributed by atoms with van der Waals surface area (Å²) in [4.78, 5) is 86.8. The number of alkyl carbamates (subject to hydrolysis) is 2. The van der Waals surface area contributed by atoms with Crippen LogP contribution in [0.3, 0.4) is 0 Å². The maximum atomic E-state index is 14.4. The second-order valence-electron chi connectivity index (χ2n) is 17.9. The molecule has 4 N–H and O–H groups in total. The fourth-order valence-electron chi connectivity index (χ4n) is 8.61. The van der Waals surface area contributed by atoms with E-state index in [0.717, 1.165) is 65.7 Å². The predicted octanol–water partition coefficient (Wildman–Crippen LogP) is 7.34. The molecule has 2 aliphatic heterocycles. The fraction of sp³-hybridized carbons (Fsp3) is 0.468. The van der Waals surface area contributed by atoms with E-state index in [2.05, 4.69) is 25.6 Å². The Morgan fingerprint density at radius 3 is 1.84 bits per heavy atom. The van der Waals surface area contributed by atoms with E-state index in [9.17, 15) is 24.0 Å². The van der Waals surface area contributed by atoms with Gasteiger partial charge in [0.1, 0.15) is 41.4 Å². The fourth-order valence-corrected chi connectivity index (χ4v) is 8.61. The van der Waals surface area contributed by atoms with E-state index in [1.807, 2.05) is 74.5 Å². The zero-order valence-corrected chi connectivity index (χ0v) is 37.6. The molecule has 3 aliphatic rings. The summed E-state index contributed by atoms with van der Waals surface area (Å²) in [5.41, 5.74) is 4.61. The Bertz CT molecular complexity index is 2330. The normalized spacial score (nSPS) is 18.8. The van der Waals surface area contributed by atoms with Gasteiger partial charge < -0.3 is 44.6 Å². The number of carbonyl (C=O) groups excluding carboxylic acids is 5. The van der Waals surface area contributed by atoms with E-state index in [-0.39, 0.29) is 36.9 Å². The molecule has 0 spiro atoms. The number of nitrogens with one attached hydrogen (secondary N) is 4. The lowest BCUT2D eigenvalue weighted by atomic mass is 9.83. The number of hydrogen-bond acceptors (Lipinski definition) is 10. The molecule has 4 atom stereocenters. The molecule has 0 radical (unpaired) electrons. The number of aromatic amines is 2. The van der Waals surface area contributed by atoms with Gasteiger partial charge in [0, 0.05) is 6.54 Å². The summed E-state index contributed by atoms with van der Waals surface area (Å²) in [7, 11) is 2.55. The molecule has 4 aromatic rings. The van der Waals surface area contributed by atoms with Gasteiger partial charge in [-0.3, -0.25) is 14.5 Å². The van der Waals surface area contributed by atoms with Gasteiger partial charge in [-0.2, -0.15) is 0 Å². The lowest BCUT2D eigenvalue weighted by molar-refractivity contribution is -0.136. The highest BCUT2D eigenvalue weighted by molar-refractivity contribution is 5.88. The van der Waals surface area contributed by atoms with Crippen LogP contribution in [0.4, 0.5) is 14.4 Å². The van der Waals surface area contributed by atoms with Gasteiger partial charge in [-0.05, 0) is 67.7 Å². The number of amides is 5. The van der Waals surface area contributed by atoms with Crippen molar-refractivity contribution in [2.75, 3.05) is 34.0 Å². The van der Waals surface area contributed by atoms with Crippen LogP contribution in [-0.2, 0) is 23.8 Å². The number of rotatable bonds is 11. The SMILES string of the molecule is COC(=O)N[C@H](C(=O)N1CC=CC1c1ncc(-c2ccc(-c3ccc(-c4cnc(C5CN(C(=O)OC(C)(C)C)CN5C(=O)[C@@H](NC(=O)OC)C5CCCCC5)[nH]4)cc3)cc2)[nH]1)C(C)C. The van der Waals surface area contributed by atoms with Crippen molar-refractivity contribution in [3.8, 4) is 33.6 Å². The van der Waals surface area contributed by atoms with Crippen LogP contribution in [0.15, 0.2) is 73.1 Å². The van der Waals surface area contributed by atoms with Crippen LogP contribution in [0.1, 0.15) is 90.5 Å². The summed E-state index contributed by atoms with van der Waals surface area (Å²) < 4.78 is 15.4. The van der Waals surface area contributed by atoms with Crippen LogP contribution < -0.4 is 10.6 Å². The third kappa shape index (κ3) is 10.2. The van der Waals surface area contributed by atoms with Crippen LogP contribution >= 0.6 is 0 Å². The molecule has 4 heterocycles. The quantitative estimate of drug-likeness (QED) is 0.0872. The first-order valence-corrected chi connectivity index (χ1v) is 21.9. The molecule has 2 unspecified atom stereocenters. The number of methoxy groups -OCH3 is 2. The molecule has 2 fully saturated rings. The summed E-state index contributed by atoms with van der Waals surface area (Å²) in [5, 5.41) is 5.47. The largest absolute Gasteiger partial charge is 0.453 e. The number of ether oxygens (including phenoxy) is 3. The van der Waals surface area contributed by atoms with Crippen molar-refractivity contribution in [3.63, 3.8) is 0 Å². The number of benzene rings is 2. The molecule has 1 aliphatic carbocycles. The molecule has 17 heteroatoms. The minimum Gasteiger partial charge on any atom is -0.453 e. The molecule has 2 aromatic carbocycles. The smallest absolute Gasteiger partial charge is 0.411 e. The van der Waals surface area contributed by atoms with Crippen molar-refractivity contribution in [2.45, 2.75) is 96.5 Å². The van der Waals surface area contributed by atoms with Crippen molar-refractivity contribution in [3.05, 3.63) is 84.7 Å². The second-order valence-corrected chi connectivity index (χ2v) is 17.9. The lowest BCUT2D eigenvalue weighted by Gasteiger charge is -2.33. The van der Waals surface area contributed by atoms with Crippen molar-refractivity contribution >= 4 is 30.1 Å². The standard InChI is InChI=1S/C47H59N9O8/c1-28(2)38(52-44(59)62-6)42(57)55-23-11-14-36(55)40-48-24-34(50-40)31-19-15-29(16-20-31)30-17-21-32(22-18-30)35-25-49-41(51-35)37-26-54(46(61)64-47(3,4)5)27-56(37)43(58)39(53-45(60)63-7)33-12-9-8-10-13-33/h11,14-22,24-25,28,33,36-39H,8-10,12-13,23,26-27H2,1-7H3,(H,48,50)(H,49,51)(H,52,59)(H,53,60)/t36?,37?,38-,39-/m0/s1. The number of carbonyl (C=O) groups is 5. The summed E-state index contributed by atoms with van der Waals surface area (Å²) in [6.45, 7) is 9.66. The molecule has 0 bridgehead atoms. The highest BCUT2D eigenvalue weighted by Crippen LogP contribution is 2.35. The Kier molecular flexibility index (Phi) is 13.7. The van der Waals surface area contributed by atoms with E-state index in [1.54, 1.807) is 43.0 Å². The third-order valence-corrected chi connectivity index (χ3v) is 12.0. The first kappa shape index (κ1) is 45.4. The second kappa shape index (κ2) is 19.4. The third-order valence-electron chi connectivity index (χ3n) is 12.0.